The van der Waals surface area contributed by atoms with Gasteiger partial charge in [-0.2, -0.15) is 5.10 Å². The summed E-state index contributed by atoms with van der Waals surface area (Å²) in [5.74, 6) is -1.86. The maximum absolute atomic E-state index is 12.6. The molecule has 156 valence electrons. The number of esters is 2. The molecule has 1 amide bonds. The Morgan fingerprint density at radius 1 is 1.17 bits per heavy atom. The van der Waals surface area contributed by atoms with E-state index in [9.17, 15) is 14.4 Å². The zero-order chi connectivity index (χ0) is 21.6. The highest BCUT2D eigenvalue weighted by molar-refractivity contribution is 5.94. The van der Waals surface area contributed by atoms with E-state index in [0.29, 0.717) is 23.4 Å². The second-order valence-electron chi connectivity index (χ2n) is 6.82. The lowest BCUT2D eigenvalue weighted by molar-refractivity contribution is -0.147. The third kappa shape index (κ3) is 5.22. The molecule has 1 aromatic heterocycles. The first kappa shape index (κ1) is 22.1. The van der Waals surface area contributed by atoms with E-state index in [1.54, 1.807) is 18.5 Å². The van der Waals surface area contributed by atoms with Gasteiger partial charge in [-0.15, -0.1) is 0 Å². The van der Waals surface area contributed by atoms with Crippen molar-refractivity contribution in [3.63, 3.8) is 0 Å². The van der Waals surface area contributed by atoms with E-state index in [1.165, 1.54) is 7.11 Å². The molecule has 0 unspecified atom stereocenters. The fourth-order valence-corrected chi connectivity index (χ4v) is 2.97. The summed E-state index contributed by atoms with van der Waals surface area (Å²) in [5.41, 5.74) is 2.25. The van der Waals surface area contributed by atoms with Gasteiger partial charge in [0.15, 0.2) is 6.61 Å². The van der Waals surface area contributed by atoms with Gasteiger partial charge in [-0.3, -0.25) is 4.79 Å². The van der Waals surface area contributed by atoms with Gasteiger partial charge in [0.05, 0.1) is 24.2 Å². The molecule has 0 radical (unpaired) electrons. The zero-order valence-corrected chi connectivity index (χ0v) is 17.4. The van der Waals surface area contributed by atoms with E-state index in [2.05, 4.69) is 10.4 Å². The first-order valence-corrected chi connectivity index (χ1v) is 9.46. The summed E-state index contributed by atoms with van der Waals surface area (Å²) >= 11 is 0. The number of aryl methyl sites for hydroxylation is 1. The molecule has 0 aliphatic heterocycles. The van der Waals surface area contributed by atoms with E-state index in [1.807, 2.05) is 44.2 Å². The van der Waals surface area contributed by atoms with Crippen LogP contribution in [0.4, 0.5) is 0 Å². The number of ether oxygens (including phenoxy) is 2. The van der Waals surface area contributed by atoms with Crippen LogP contribution in [0.3, 0.4) is 0 Å². The van der Waals surface area contributed by atoms with Crippen molar-refractivity contribution in [1.29, 1.82) is 0 Å². The summed E-state index contributed by atoms with van der Waals surface area (Å²) in [6, 6.07) is 8.62. The number of carbonyl (C=O) groups is 3. The van der Waals surface area contributed by atoms with Crippen molar-refractivity contribution in [2.24, 2.45) is 5.92 Å². The molecule has 29 heavy (non-hydrogen) atoms. The second-order valence-corrected chi connectivity index (χ2v) is 6.82. The van der Waals surface area contributed by atoms with Gasteiger partial charge in [-0.05, 0) is 31.9 Å². The maximum atomic E-state index is 12.6. The SMILES string of the molecule is CC[C@H](C)[C@@H](NC(=O)COC(=O)c1c(C)nn(-c2ccccc2)c1C)C(=O)OC. The minimum Gasteiger partial charge on any atom is -0.467 e. The van der Waals surface area contributed by atoms with Crippen LogP contribution in [0.1, 0.15) is 42.0 Å². The molecule has 0 fully saturated rings. The number of nitrogens with one attached hydrogen (secondary N) is 1. The molecule has 8 nitrogen and oxygen atoms in total. The Labute approximate surface area is 170 Å². The number of rotatable bonds is 8. The highest BCUT2D eigenvalue weighted by atomic mass is 16.5. The van der Waals surface area contributed by atoms with Crippen molar-refractivity contribution in [3.05, 3.63) is 47.3 Å². The summed E-state index contributed by atoms with van der Waals surface area (Å²) < 4.78 is 11.6. The Kier molecular flexibility index (Phi) is 7.52. The van der Waals surface area contributed by atoms with E-state index < -0.39 is 30.5 Å². The van der Waals surface area contributed by atoms with Crippen molar-refractivity contribution in [3.8, 4) is 5.69 Å². The van der Waals surface area contributed by atoms with Crippen molar-refractivity contribution in [1.82, 2.24) is 15.1 Å². The predicted molar refractivity (Wildman–Crippen MR) is 107 cm³/mol. The smallest absolute Gasteiger partial charge is 0.342 e. The van der Waals surface area contributed by atoms with Crippen molar-refractivity contribution < 1.29 is 23.9 Å². The number of methoxy groups -OCH3 is 1. The molecular formula is C21H27N3O5. The van der Waals surface area contributed by atoms with Crippen LogP contribution in [0.25, 0.3) is 5.69 Å². The topological polar surface area (TPSA) is 99.5 Å². The van der Waals surface area contributed by atoms with Gasteiger partial charge in [0, 0.05) is 0 Å². The van der Waals surface area contributed by atoms with Gasteiger partial charge in [-0.25, -0.2) is 14.3 Å². The molecule has 1 N–H and O–H groups in total. The van der Waals surface area contributed by atoms with Crippen LogP contribution in [0.2, 0.25) is 0 Å². The minimum atomic E-state index is -0.791. The lowest BCUT2D eigenvalue weighted by Gasteiger charge is -2.21. The molecule has 2 rings (SSSR count). The first-order valence-electron chi connectivity index (χ1n) is 9.46. The number of amides is 1. The van der Waals surface area contributed by atoms with Gasteiger partial charge in [0.2, 0.25) is 0 Å². The molecule has 0 spiro atoms. The van der Waals surface area contributed by atoms with Gasteiger partial charge in [0.25, 0.3) is 5.91 Å². The van der Waals surface area contributed by atoms with Gasteiger partial charge >= 0.3 is 11.9 Å². The molecule has 0 aliphatic rings. The lowest BCUT2D eigenvalue weighted by atomic mass is 9.99. The molecule has 0 saturated carbocycles. The van der Waals surface area contributed by atoms with Crippen molar-refractivity contribution >= 4 is 17.8 Å². The van der Waals surface area contributed by atoms with Crippen LogP contribution in [-0.4, -0.2) is 47.4 Å². The van der Waals surface area contributed by atoms with Gasteiger partial charge in [-0.1, -0.05) is 38.5 Å². The first-order chi connectivity index (χ1) is 13.8. The summed E-state index contributed by atoms with van der Waals surface area (Å²) in [5, 5.41) is 6.97. The second kappa shape index (κ2) is 9.86. The lowest BCUT2D eigenvalue weighted by Crippen LogP contribution is -2.47. The van der Waals surface area contributed by atoms with Crippen LogP contribution in [0.5, 0.6) is 0 Å². The monoisotopic (exact) mass is 401 g/mol. The Hall–Kier alpha value is -3.16. The third-order valence-corrected chi connectivity index (χ3v) is 4.82. The molecule has 1 heterocycles. The normalized spacial score (nSPS) is 12.7. The van der Waals surface area contributed by atoms with Crippen LogP contribution in [0, 0.1) is 19.8 Å². The fraction of sp³-hybridized carbons (Fsp3) is 0.429. The van der Waals surface area contributed by atoms with E-state index in [0.717, 1.165) is 5.69 Å². The average Bonchev–Trinajstić information content (AvgIpc) is 3.03. The number of hydrogen-bond acceptors (Lipinski definition) is 6. The highest BCUT2D eigenvalue weighted by Gasteiger charge is 2.27. The van der Waals surface area contributed by atoms with Crippen molar-refractivity contribution in [2.45, 2.75) is 40.2 Å². The molecule has 1 aromatic carbocycles. The molecule has 0 saturated heterocycles. The Morgan fingerprint density at radius 2 is 1.83 bits per heavy atom. The van der Waals surface area contributed by atoms with Gasteiger partial charge in [0.1, 0.15) is 11.6 Å². The number of nitrogens with zero attached hydrogens (tertiary/aromatic N) is 2. The summed E-state index contributed by atoms with van der Waals surface area (Å²) in [4.78, 5) is 36.6. The van der Waals surface area contributed by atoms with Crippen LogP contribution in [-0.2, 0) is 19.1 Å². The Morgan fingerprint density at radius 3 is 2.41 bits per heavy atom. The summed E-state index contributed by atoms with van der Waals surface area (Å²) in [7, 11) is 1.26. The summed E-state index contributed by atoms with van der Waals surface area (Å²) in [6.07, 6.45) is 0.677. The Balaban J connectivity index is 2.06. The largest absolute Gasteiger partial charge is 0.467 e. The third-order valence-electron chi connectivity index (χ3n) is 4.82. The van der Waals surface area contributed by atoms with Crippen molar-refractivity contribution in [2.75, 3.05) is 13.7 Å². The van der Waals surface area contributed by atoms with Crippen LogP contribution in [0.15, 0.2) is 30.3 Å². The van der Waals surface area contributed by atoms with Gasteiger partial charge < -0.3 is 14.8 Å². The molecule has 2 atom stereocenters. The number of aromatic nitrogens is 2. The number of hydrogen-bond donors (Lipinski definition) is 1. The standard InChI is InChI=1S/C21H27N3O5/c1-6-13(2)19(21(27)28-5)22-17(25)12-29-20(26)18-14(3)23-24(15(18)4)16-10-8-7-9-11-16/h7-11,13,19H,6,12H2,1-5H3,(H,22,25)/t13-,19+/m0/s1. The fourth-order valence-electron chi connectivity index (χ4n) is 2.97. The van der Waals surface area contributed by atoms with E-state index >= 15 is 0 Å². The molecule has 8 heteroatoms. The highest BCUT2D eigenvalue weighted by Crippen LogP contribution is 2.18. The minimum absolute atomic E-state index is 0.115. The van der Waals surface area contributed by atoms with E-state index in [-0.39, 0.29) is 5.92 Å². The van der Waals surface area contributed by atoms with Crippen LogP contribution < -0.4 is 5.32 Å². The molecule has 2 aromatic rings. The number of carbonyl (C=O) groups excluding carboxylic acids is 3. The zero-order valence-electron chi connectivity index (χ0n) is 17.4. The number of para-hydroxylation sites is 1. The molecule has 0 aliphatic carbocycles. The summed E-state index contributed by atoms with van der Waals surface area (Å²) in [6.45, 7) is 6.71. The average molecular weight is 401 g/mol. The molecule has 0 bridgehead atoms. The Bertz CT molecular complexity index is 876. The van der Waals surface area contributed by atoms with E-state index in [4.69, 9.17) is 9.47 Å². The quantitative estimate of drug-likeness (QED) is 0.682. The maximum Gasteiger partial charge on any atom is 0.342 e. The predicted octanol–water partition coefficient (Wildman–Crippen LogP) is 2.35. The van der Waals surface area contributed by atoms with Crippen LogP contribution >= 0.6 is 0 Å². The number of benzene rings is 1. The molecular weight excluding hydrogens is 374 g/mol.